The van der Waals surface area contributed by atoms with E-state index in [1.54, 1.807) is 4.57 Å². The lowest BCUT2D eigenvalue weighted by Gasteiger charge is -2.13. The summed E-state index contributed by atoms with van der Waals surface area (Å²) in [6.07, 6.45) is 0.750. The molecular weight excluding hydrogens is 397 g/mol. The van der Waals surface area contributed by atoms with Crippen molar-refractivity contribution < 1.29 is 9.18 Å². The molecular formula is C20H16FN3O2S2. The molecule has 28 heavy (non-hydrogen) atoms. The molecule has 0 bridgehead atoms. The second-order valence-electron chi connectivity index (χ2n) is 6.09. The van der Waals surface area contributed by atoms with Crippen molar-refractivity contribution in [2.24, 2.45) is 0 Å². The second kappa shape index (κ2) is 8.20. The lowest BCUT2D eigenvalue weighted by atomic mass is 10.3. The maximum absolute atomic E-state index is 13.0. The first-order valence-electron chi connectivity index (χ1n) is 8.64. The number of para-hydroxylation sites is 1. The normalized spacial score (nSPS) is 12.6. The molecule has 1 N–H and O–H groups in total. The first-order valence-corrected chi connectivity index (χ1v) is 10.6. The molecule has 0 unspecified atom stereocenters. The van der Waals surface area contributed by atoms with E-state index in [9.17, 15) is 14.0 Å². The molecule has 1 aliphatic heterocycles. The van der Waals surface area contributed by atoms with Crippen LogP contribution >= 0.6 is 23.5 Å². The number of anilines is 1. The first-order chi connectivity index (χ1) is 13.6. The third-order valence-corrected chi connectivity index (χ3v) is 6.19. The average molecular weight is 413 g/mol. The van der Waals surface area contributed by atoms with Crippen molar-refractivity contribution in [2.45, 2.75) is 16.5 Å². The highest BCUT2D eigenvalue weighted by molar-refractivity contribution is 8.00. The molecule has 0 atom stereocenters. The van der Waals surface area contributed by atoms with Crippen LogP contribution in [0.25, 0.3) is 5.69 Å². The number of nitrogens with one attached hydrogen (secondary N) is 1. The standard InChI is InChI=1S/C20H16FN3O2S2/c21-13-6-8-14(9-7-13)22-17(25)12-28-20-23-16-10-11-27-18(16)19(26)24(20)15-4-2-1-3-5-15/h1-9H,10-12H2,(H,22,25). The minimum atomic E-state index is -0.362. The van der Waals surface area contributed by atoms with Gasteiger partial charge in [0.2, 0.25) is 5.91 Å². The van der Waals surface area contributed by atoms with Crippen LogP contribution in [0.3, 0.4) is 0 Å². The highest BCUT2D eigenvalue weighted by Crippen LogP contribution is 2.30. The fraction of sp³-hybridized carbons (Fsp3) is 0.150. The average Bonchev–Trinajstić information content (AvgIpc) is 3.18. The van der Waals surface area contributed by atoms with E-state index in [-0.39, 0.29) is 23.0 Å². The maximum Gasteiger partial charge on any atom is 0.272 e. The molecule has 1 aliphatic rings. The van der Waals surface area contributed by atoms with Crippen LogP contribution in [-0.4, -0.2) is 27.0 Å². The Kier molecular flexibility index (Phi) is 5.50. The summed E-state index contributed by atoms with van der Waals surface area (Å²) in [6.45, 7) is 0. The SMILES string of the molecule is O=C(CSc1nc2c(c(=O)n1-c1ccccc1)SCC2)Nc1ccc(F)cc1. The van der Waals surface area contributed by atoms with E-state index < -0.39 is 0 Å². The van der Waals surface area contributed by atoms with Gasteiger partial charge in [-0.25, -0.2) is 9.37 Å². The Morgan fingerprint density at radius 3 is 2.68 bits per heavy atom. The summed E-state index contributed by atoms with van der Waals surface area (Å²) in [4.78, 5) is 30.6. The number of rotatable bonds is 5. The van der Waals surface area contributed by atoms with Gasteiger partial charge < -0.3 is 5.32 Å². The number of aromatic nitrogens is 2. The van der Waals surface area contributed by atoms with E-state index in [0.717, 1.165) is 23.6 Å². The van der Waals surface area contributed by atoms with Gasteiger partial charge in [0.25, 0.3) is 5.56 Å². The molecule has 1 aromatic heterocycles. The molecule has 0 radical (unpaired) electrons. The molecule has 2 heterocycles. The van der Waals surface area contributed by atoms with E-state index in [1.165, 1.54) is 47.8 Å². The van der Waals surface area contributed by atoms with E-state index in [2.05, 4.69) is 10.3 Å². The lowest BCUT2D eigenvalue weighted by molar-refractivity contribution is -0.113. The highest BCUT2D eigenvalue weighted by atomic mass is 32.2. The molecule has 3 aromatic rings. The monoisotopic (exact) mass is 413 g/mol. The van der Waals surface area contributed by atoms with Crippen LogP contribution in [-0.2, 0) is 11.2 Å². The van der Waals surface area contributed by atoms with Gasteiger partial charge in [0.1, 0.15) is 5.82 Å². The maximum atomic E-state index is 13.0. The van der Waals surface area contributed by atoms with Crippen molar-refractivity contribution in [3.05, 3.63) is 76.5 Å². The summed E-state index contributed by atoms with van der Waals surface area (Å²) in [5, 5.41) is 3.21. The van der Waals surface area contributed by atoms with Gasteiger partial charge in [-0.3, -0.25) is 14.2 Å². The topological polar surface area (TPSA) is 64.0 Å². The zero-order chi connectivity index (χ0) is 19.5. The number of halogens is 1. The Labute approximate surface area is 169 Å². The number of hydrogen-bond acceptors (Lipinski definition) is 5. The van der Waals surface area contributed by atoms with Crippen LogP contribution in [0.2, 0.25) is 0 Å². The van der Waals surface area contributed by atoms with Crippen LogP contribution in [0.1, 0.15) is 5.69 Å². The van der Waals surface area contributed by atoms with Crippen molar-refractivity contribution in [1.82, 2.24) is 9.55 Å². The van der Waals surface area contributed by atoms with Gasteiger partial charge >= 0.3 is 0 Å². The number of fused-ring (bicyclic) bond motifs is 1. The number of carbonyl (C=O) groups excluding carboxylic acids is 1. The second-order valence-corrected chi connectivity index (χ2v) is 8.14. The van der Waals surface area contributed by atoms with E-state index in [4.69, 9.17) is 0 Å². The van der Waals surface area contributed by atoms with Gasteiger partial charge in [-0.15, -0.1) is 11.8 Å². The molecule has 1 amide bonds. The molecule has 0 aliphatic carbocycles. The van der Waals surface area contributed by atoms with Crippen molar-refractivity contribution in [3.63, 3.8) is 0 Å². The Bertz CT molecular complexity index is 1070. The van der Waals surface area contributed by atoms with Crippen LogP contribution in [0.5, 0.6) is 0 Å². The Morgan fingerprint density at radius 2 is 1.93 bits per heavy atom. The number of hydrogen-bond donors (Lipinski definition) is 1. The number of amides is 1. The largest absolute Gasteiger partial charge is 0.325 e. The van der Waals surface area contributed by atoms with Crippen molar-refractivity contribution in [1.29, 1.82) is 0 Å². The molecule has 8 heteroatoms. The third kappa shape index (κ3) is 3.98. The van der Waals surface area contributed by atoms with Crippen molar-refractivity contribution in [2.75, 3.05) is 16.8 Å². The number of thioether (sulfide) groups is 2. The highest BCUT2D eigenvalue weighted by Gasteiger charge is 2.22. The van der Waals surface area contributed by atoms with Gasteiger partial charge in [-0.2, -0.15) is 0 Å². The molecule has 0 saturated carbocycles. The number of benzene rings is 2. The predicted molar refractivity (Wildman–Crippen MR) is 110 cm³/mol. The van der Waals surface area contributed by atoms with Crippen LogP contribution < -0.4 is 10.9 Å². The van der Waals surface area contributed by atoms with Crippen molar-refractivity contribution in [3.8, 4) is 5.69 Å². The number of nitrogens with zero attached hydrogens (tertiary/aromatic N) is 2. The summed E-state index contributed by atoms with van der Waals surface area (Å²) >= 11 is 2.73. The number of aryl methyl sites for hydroxylation is 1. The molecule has 5 nitrogen and oxygen atoms in total. The van der Waals surface area contributed by atoms with Crippen LogP contribution in [0.15, 0.2) is 69.4 Å². The minimum Gasteiger partial charge on any atom is -0.325 e. The molecule has 0 saturated heterocycles. The fourth-order valence-electron chi connectivity index (χ4n) is 2.85. The Hall–Kier alpha value is -2.58. The van der Waals surface area contributed by atoms with E-state index in [1.807, 2.05) is 30.3 Å². The molecule has 4 rings (SSSR count). The molecule has 0 fully saturated rings. The minimum absolute atomic E-state index is 0.0859. The summed E-state index contributed by atoms with van der Waals surface area (Å²) in [6, 6.07) is 14.9. The van der Waals surface area contributed by atoms with E-state index >= 15 is 0 Å². The third-order valence-electron chi connectivity index (χ3n) is 4.14. The quantitative estimate of drug-likeness (QED) is 0.510. The summed E-state index contributed by atoms with van der Waals surface area (Å²) in [5.74, 6) is 0.313. The summed E-state index contributed by atoms with van der Waals surface area (Å²) in [5.41, 5.74) is 1.94. The zero-order valence-corrected chi connectivity index (χ0v) is 16.4. The van der Waals surface area contributed by atoms with Crippen LogP contribution in [0, 0.1) is 5.82 Å². The predicted octanol–water partition coefficient (Wildman–Crippen LogP) is 3.75. The zero-order valence-electron chi connectivity index (χ0n) is 14.7. The van der Waals surface area contributed by atoms with Gasteiger partial charge in [0.05, 0.1) is 22.0 Å². The van der Waals surface area contributed by atoms with E-state index in [0.29, 0.717) is 15.7 Å². The molecule has 142 valence electrons. The van der Waals surface area contributed by atoms with Gasteiger partial charge in [0, 0.05) is 17.9 Å². The molecule has 2 aromatic carbocycles. The Balaban J connectivity index is 1.59. The molecule has 0 spiro atoms. The summed E-state index contributed by atoms with van der Waals surface area (Å²) in [7, 11) is 0. The van der Waals surface area contributed by atoms with Gasteiger partial charge in [-0.1, -0.05) is 30.0 Å². The number of carbonyl (C=O) groups is 1. The fourth-order valence-corrected chi connectivity index (χ4v) is 4.71. The summed E-state index contributed by atoms with van der Waals surface area (Å²) < 4.78 is 14.5. The first kappa shape index (κ1) is 18.8. The Morgan fingerprint density at radius 1 is 1.18 bits per heavy atom. The van der Waals surface area contributed by atoms with Crippen LogP contribution in [0.4, 0.5) is 10.1 Å². The lowest BCUT2D eigenvalue weighted by Crippen LogP contribution is -2.24. The smallest absolute Gasteiger partial charge is 0.272 e. The van der Waals surface area contributed by atoms with Crippen molar-refractivity contribution >= 4 is 35.1 Å². The van der Waals surface area contributed by atoms with Gasteiger partial charge in [-0.05, 0) is 36.4 Å². The van der Waals surface area contributed by atoms with Gasteiger partial charge in [0.15, 0.2) is 5.16 Å².